The van der Waals surface area contributed by atoms with Crippen LogP contribution in [0.4, 0.5) is 22.2 Å². The number of carbonyl (C=O) groups excluding carboxylic acids is 1. The summed E-state index contributed by atoms with van der Waals surface area (Å²) in [6.45, 7) is 5.94. The van der Waals surface area contributed by atoms with Crippen LogP contribution in [0.2, 0.25) is 0 Å². The summed E-state index contributed by atoms with van der Waals surface area (Å²) >= 11 is 3.22. The Hall–Kier alpha value is -3.14. The van der Waals surface area contributed by atoms with Gasteiger partial charge in [-0.3, -0.25) is 4.79 Å². The number of nitrogens with two attached hydrogens (primary N) is 2. The summed E-state index contributed by atoms with van der Waals surface area (Å²) in [6.07, 6.45) is 10.4. The van der Waals surface area contributed by atoms with Crippen LogP contribution in [0.25, 0.3) is 0 Å². The molecule has 1 heterocycles. The minimum absolute atomic E-state index is 0.0255. The Balaban J connectivity index is 0.000000223. The van der Waals surface area contributed by atoms with Crippen LogP contribution < -0.4 is 22.1 Å². The number of primary amides is 1. The van der Waals surface area contributed by atoms with Crippen molar-refractivity contribution >= 4 is 45.4 Å². The standard InChI is InChI=1S/C12H12BrN5O.C10H16.C4H9NO2/c13-9-6-16-12(18-11(9)15)17-8-3-1-2-7(4-8)5-10(14)19;1-8-5-9-3-2-4-10(6-8)7-9;1-3(2)5-4(6)7/h1-4,6H,5H2,(H2,14,19)(H3,15,16,17,18);3,8,10H,2,4-7H2,1H3;3,5H,1-2H3,(H,6,7). The van der Waals surface area contributed by atoms with E-state index in [1.807, 2.05) is 24.3 Å². The predicted molar refractivity (Wildman–Crippen MR) is 147 cm³/mol. The third-order valence-electron chi connectivity index (χ3n) is 5.65. The van der Waals surface area contributed by atoms with E-state index in [0.717, 1.165) is 23.1 Å². The third kappa shape index (κ3) is 11.1. The fourth-order valence-electron chi connectivity index (χ4n) is 4.32. The summed E-state index contributed by atoms with van der Waals surface area (Å²) in [5.74, 6) is 2.40. The molecule has 1 aromatic heterocycles. The number of benzene rings is 1. The van der Waals surface area contributed by atoms with Gasteiger partial charge in [0.05, 0.1) is 10.9 Å². The van der Waals surface area contributed by atoms with E-state index in [4.69, 9.17) is 16.6 Å². The molecule has 2 atom stereocenters. The number of allylic oxidation sites excluding steroid dienone is 2. The van der Waals surface area contributed by atoms with E-state index in [9.17, 15) is 9.59 Å². The second-order valence-electron chi connectivity index (χ2n) is 9.55. The minimum atomic E-state index is -0.963. The van der Waals surface area contributed by atoms with Gasteiger partial charge in [0.1, 0.15) is 5.82 Å². The smallest absolute Gasteiger partial charge is 0.404 e. The van der Waals surface area contributed by atoms with Crippen LogP contribution in [-0.2, 0) is 11.2 Å². The second kappa shape index (κ2) is 14.4. The molecule has 0 radical (unpaired) electrons. The molecule has 2 aliphatic carbocycles. The van der Waals surface area contributed by atoms with Gasteiger partial charge in [0.15, 0.2) is 0 Å². The van der Waals surface area contributed by atoms with Crippen LogP contribution in [-0.4, -0.2) is 33.1 Å². The van der Waals surface area contributed by atoms with Gasteiger partial charge in [-0.1, -0.05) is 30.7 Å². The number of nitrogens with one attached hydrogen (secondary N) is 2. The van der Waals surface area contributed by atoms with Gasteiger partial charge in [0.2, 0.25) is 11.9 Å². The summed E-state index contributed by atoms with van der Waals surface area (Å²) < 4.78 is 0.639. The fourth-order valence-corrected chi connectivity index (χ4v) is 4.52. The molecule has 2 aromatic rings. The van der Waals surface area contributed by atoms with E-state index in [2.05, 4.69) is 49.5 Å². The number of halogens is 1. The van der Waals surface area contributed by atoms with Gasteiger partial charge in [-0.25, -0.2) is 9.78 Å². The normalized spacial score (nSPS) is 18.0. The highest BCUT2D eigenvalue weighted by molar-refractivity contribution is 9.10. The molecule has 2 aliphatic rings. The van der Waals surface area contributed by atoms with E-state index in [1.165, 1.54) is 32.1 Å². The Morgan fingerprint density at radius 3 is 2.61 bits per heavy atom. The molecule has 7 N–H and O–H groups in total. The Bertz CT molecular complexity index is 1060. The first kappa shape index (κ1) is 29.1. The second-order valence-corrected chi connectivity index (χ2v) is 10.4. The summed E-state index contributed by atoms with van der Waals surface area (Å²) in [5.41, 5.74) is 14.2. The third-order valence-corrected chi connectivity index (χ3v) is 6.26. The molecule has 4 rings (SSSR count). The molecule has 10 heteroatoms. The maximum Gasteiger partial charge on any atom is 0.404 e. The van der Waals surface area contributed by atoms with Crippen molar-refractivity contribution in [3.05, 3.63) is 52.1 Å². The van der Waals surface area contributed by atoms with Gasteiger partial charge in [0, 0.05) is 17.9 Å². The lowest BCUT2D eigenvalue weighted by atomic mass is 9.74. The summed E-state index contributed by atoms with van der Waals surface area (Å²) in [5, 5.41) is 13.2. The van der Waals surface area contributed by atoms with Crippen molar-refractivity contribution < 1.29 is 14.7 Å². The topological polar surface area (TPSA) is 156 Å². The number of nitrogens with zero attached hydrogens (tertiary/aromatic N) is 2. The number of anilines is 3. The number of carboxylic acid groups (broad SMARTS) is 1. The van der Waals surface area contributed by atoms with Crippen LogP contribution in [0.15, 0.2) is 46.6 Å². The predicted octanol–water partition coefficient (Wildman–Crippen LogP) is 5.40. The van der Waals surface area contributed by atoms with Crippen LogP contribution >= 0.6 is 15.9 Å². The van der Waals surface area contributed by atoms with Crippen molar-refractivity contribution in [1.29, 1.82) is 0 Å². The number of fused-ring (bicyclic) bond motifs is 2. The number of hydrogen-bond donors (Lipinski definition) is 5. The molecule has 0 saturated heterocycles. The molecule has 2 unspecified atom stereocenters. The molecule has 36 heavy (non-hydrogen) atoms. The highest BCUT2D eigenvalue weighted by Crippen LogP contribution is 2.38. The first-order valence-electron chi connectivity index (χ1n) is 12.1. The molecular weight excluding hydrogens is 524 g/mol. The highest BCUT2D eigenvalue weighted by Gasteiger charge is 2.23. The Morgan fingerprint density at radius 1 is 1.28 bits per heavy atom. The number of hydrogen-bond acceptors (Lipinski definition) is 6. The lowest BCUT2D eigenvalue weighted by Gasteiger charge is -2.32. The van der Waals surface area contributed by atoms with Crippen LogP contribution in [0, 0.1) is 11.8 Å². The van der Waals surface area contributed by atoms with E-state index in [1.54, 1.807) is 25.6 Å². The van der Waals surface area contributed by atoms with Gasteiger partial charge in [-0.15, -0.1) is 0 Å². The Kier molecular flexibility index (Phi) is 11.7. The highest BCUT2D eigenvalue weighted by atomic mass is 79.9. The zero-order valence-corrected chi connectivity index (χ0v) is 22.7. The van der Waals surface area contributed by atoms with E-state index < -0.39 is 6.09 Å². The molecule has 9 nitrogen and oxygen atoms in total. The van der Waals surface area contributed by atoms with Crippen LogP contribution in [0.1, 0.15) is 58.4 Å². The van der Waals surface area contributed by atoms with Gasteiger partial charge in [-0.05, 0) is 91.4 Å². The van der Waals surface area contributed by atoms with E-state index >= 15 is 0 Å². The van der Waals surface area contributed by atoms with Gasteiger partial charge >= 0.3 is 6.09 Å². The van der Waals surface area contributed by atoms with E-state index in [-0.39, 0.29) is 18.4 Å². The van der Waals surface area contributed by atoms with Crippen molar-refractivity contribution in [3.63, 3.8) is 0 Å². The maximum absolute atomic E-state index is 10.9. The summed E-state index contributed by atoms with van der Waals surface area (Å²) in [6, 6.07) is 7.33. The van der Waals surface area contributed by atoms with Crippen LogP contribution in [0.5, 0.6) is 0 Å². The van der Waals surface area contributed by atoms with Gasteiger partial charge in [-0.2, -0.15) is 4.98 Å². The molecule has 2 bridgehead atoms. The minimum Gasteiger partial charge on any atom is -0.465 e. The number of aromatic nitrogens is 2. The SMILES string of the molecule is CC(C)NC(=O)O.CC1CC2=CCCC(C2)C1.NC(=O)Cc1cccc(Nc2ncc(Br)c(N)n2)c1. The number of nitrogen functional groups attached to an aromatic ring is 1. The monoisotopic (exact) mass is 560 g/mol. The quantitative estimate of drug-likeness (QED) is 0.306. The fraction of sp³-hybridized carbons (Fsp3) is 0.462. The lowest BCUT2D eigenvalue weighted by Crippen LogP contribution is -2.27. The first-order chi connectivity index (χ1) is 17.0. The van der Waals surface area contributed by atoms with Crippen molar-refractivity contribution in [2.45, 2.75) is 65.3 Å². The zero-order valence-electron chi connectivity index (χ0n) is 21.1. The molecule has 196 valence electrons. The van der Waals surface area contributed by atoms with Gasteiger partial charge < -0.3 is 27.2 Å². The maximum atomic E-state index is 10.9. The van der Waals surface area contributed by atoms with E-state index in [0.29, 0.717) is 16.2 Å². The zero-order chi connectivity index (χ0) is 26.7. The number of rotatable bonds is 5. The Morgan fingerprint density at radius 2 is 2.03 bits per heavy atom. The number of amides is 2. The molecular formula is C26H37BrN6O3. The summed E-state index contributed by atoms with van der Waals surface area (Å²) in [4.78, 5) is 28.7. The number of carbonyl (C=O) groups is 2. The molecule has 1 fully saturated rings. The van der Waals surface area contributed by atoms with Crippen molar-refractivity contribution in [3.8, 4) is 0 Å². The molecule has 0 spiro atoms. The molecule has 2 amide bonds. The average Bonchev–Trinajstić information content (AvgIpc) is 2.76. The van der Waals surface area contributed by atoms with Crippen molar-refractivity contribution in [2.75, 3.05) is 11.1 Å². The first-order valence-corrected chi connectivity index (χ1v) is 12.9. The molecule has 1 saturated carbocycles. The lowest BCUT2D eigenvalue weighted by molar-refractivity contribution is -0.117. The van der Waals surface area contributed by atoms with Crippen molar-refractivity contribution in [2.24, 2.45) is 17.6 Å². The largest absolute Gasteiger partial charge is 0.465 e. The molecule has 0 aliphatic heterocycles. The Labute approximate surface area is 221 Å². The molecule has 1 aromatic carbocycles. The van der Waals surface area contributed by atoms with Gasteiger partial charge in [0.25, 0.3) is 0 Å². The van der Waals surface area contributed by atoms with Crippen LogP contribution in [0.3, 0.4) is 0 Å². The van der Waals surface area contributed by atoms with Crippen molar-refractivity contribution in [1.82, 2.24) is 15.3 Å². The summed E-state index contributed by atoms with van der Waals surface area (Å²) in [7, 11) is 0. The average molecular weight is 562 g/mol.